The number of piperidine rings is 1. The van der Waals surface area contributed by atoms with Crippen LogP contribution >= 0.6 is 11.6 Å². The molecule has 4 rings (SSSR count). The van der Waals surface area contributed by atoms with E-state index in [0.29, 0.717) is 28.8 Å². The standard InChI is InChI=1S/C26H30ClN3O3/c1-2-33-25(31)23-22(28-26(32)29-24(23)20-9-6-10-21(27)16-20)17-30-13-11-19(12-14-30)15-18-7-4-3-5-8-18/h3-10,16,19,24H,2,11-15,17H2,1H3,(H2,28,29,32)/t24-/m0/s1. The first-order chi connectivity index (χ1) is 16.0. The molecule has 6 nitrogen and oxygen atoms in total. The van der Waals surface area contributed by atoms with Crippen LogP contribution in [0.5, 0.6) is 0 Å². The summed E-state index contributed by atoms with van der Waals surface area (Å²) in [6, 6.07) is 16.8. The molecule has 0 unspecified atom stereocenters. The maximum absolute atomic E-state index is 13.0. The zero-order valence-electron chi connectivity index (χ0n) is 18.9. The number of halogens is 1. The minimum absolute atomic E-state index is 0.261. The van der Waals surface area contributed by atoms with Crippen LogP contribution in [-0.4, -0.2) is 43.1 Å². The lowest BCUT2D eigenvalue weighted by atomic mass is 9.89. The number of ether oxygens (including phenoxy) is 1. The summed E-state index contributed by atoms with van der Waals surface area (Å²) in [6.07, 6.45) is 3.25. The summed E-state index contributed by atoms with van der Waals surface area (Å²) in [5, 5.41) is 6.28. The molecular formula is C26H30ClN3O3. The van der Waals surface area contributed by atoms with Crippen molar-refractivity contribution in [2.24, 2.45) is 5.92 Å². The smallest absolute Gasteiger partial charge is 0.338 e. The van der Waals surface area contributed by atoms with Gasteiger partial charge in [-0.15, -0.1) is 0 Å². The molecule has 0 aromatic heterocycles. The molecule has 2 aliphatic rings. The predicted molar refractivity (Wildman–Crippen MR) is 129 cm³/mol. The quantitative estimate of drug-likeness (QED) is 0.589. The van der Waals surface area contributed by atoms with Gasteiger partial charge in [-0.1, -0.05) is 54.1 Å². The molecule has 0 radical (unpaired) electrons. The normalized spacial score (nSPS) is 19.7. The van der Waals surface area contributed by atoms with Crippen LogP contribution in [0.15, 0.2) is 65.9 Å². The van der Waals surface area contributed by atoms with Gasteiger partial charge in [-0.05, 0) is 68.5 Å². The first-order valence-corrected chi connectivity index (χ1v) is 11.9. The molecule has 0 spiro atoms. The highest BCUT2D eigenvalue weighted by Gasteiger charge is 2.34. The molecule has 2 N–H and O–H groups in total. The lowest BCUT2D eigenvalue weighted by Gasteiger charge is -2.35. The van der Waals surface area contributed by atoms with Gasteiger partial charge in [0.25, 0.3) is 0 Å². The minimum atomic E-state index is -0.609. The van der Waals surface area contributed by atoms with Crippen molar-refractivity contribution in [3.05, 3.63) is 82.0 Å². The highest BCUT2D eigenvalue weighted by atomic mass is 35.5. The van der Waals surface area contributed by atoms with E-state index in [2.05, 4.69) is 39.8 Å². The Labute approximate surface area is 199 Å². The lowest BCUT2D eigenvalue weighted by Crippen LogP contribution is -2.49. The number of esters is 1. The Morgan fingerprint density at radius 3 is 2.58 bits per heavy atom. The Bertz CT molecular complexity index is 1020. The van der Waals surface area contributed by atoms with E-state index < -0.39 is 12.0 Å². The van der Waals surface area contributed by atoms with E-state index in [1.165, 1.54) is 5.56 Å². The largest absolute Gasteiger partial charge is 0.463 e. The van der Waals surface area contributed by atoms with E-state index in [4.69, 9.17) is 16.3 Å². The summed E-state index contributed by atoms with van der Waals surface area (Å²) in [4.78, 5) is 27.8. The predicted octanol–water partition coefficient (Wildman–Crippen LogP) is 4.47. The molecule has 7 heteroatoms. The molecule has 0 bridgehead atoms. The summed E-state index contributed by atoms with van der Waals surface area (Å²) < 4.78 is 5.36. The van der Waals surface area contributed by atoms with Crippen molar-refractivity contribution in [1.29, 1.82) is 0 Å². The minimum Gasteiger partial charge on any atom is -0.463 e. The van der Waals surface area contributed by atoms with Gasteiger partial charge in [0, 0.05) is 17.3 Å². The monoisotopic (exact) mass is 467 g/mol. The van der Waals surface area contributed by atoms with Crippen LogP contribution in [0.4, 0.5) is 4.79 Å². The third-order valence-corrected chi connectivity index (χ3v) is 6.52. The average molecular weight is 468 g/mol. The molecule has 0 saturated carbocycles. The van der Waals surface area contributed by atoms with E-state index in [1.807, 2.05) is 18.2 Å². The second-order valence-electron chi connectivity index (χ2n) is 8.61. The zero-order chi connectivity index (χ0) is 23.2. The Hall–Kier alpha value is -2.83. The van der Waals surface area contributed by atoms with Gasteiger partial charge in [0.15, 0.2) is 0 Å². The Morgan fingerprint density at radius 2 is 1.88 bits per heavy atom. The van der Waals surface area contributed by atoms with Gasteiger partial charge in [-0.2, -0.15) is 0 Å². The van der Waals surface area contributed by atoms with Crippen LogP contribution in [-0.2, 0) is 16.0 Å². The molecule has 174 valence electrons. The molecule has 33 heavy (non-hydrogen) atoms. The Kier molecular flexibility index (Phi) is 7.68. The molecule has 2 aliphatic heterocycles. The summed E-state index contributed by atoms with van der Waals surface area (Å²) in [6.45, 7) is 4.37. The number of benzene rings is 2. The summed E-state index contributed by atoms with van der Waals surface area (Å²) in [5.41, 5.74) is 3.16. The summed E-state index contributed by atoms with van der Waals surface area (Å²) >= 11 is 6.18. The van der Waals surface area contributed by atoms with E-state index >= 15 is 0 Å². The van der Waals surface area contributed by atoms with Crippen molar-refractivity contribution in [3.8, 4) is 0 Å². The molecule has 1 atom stereocenters. The van der Waals surface area contributed by atoms with Crippen LogP contribution < -0.4 is 10.6 Å². The topological polar surface area (TPSA) is 70.7 Å². The van der Waals surface area contributed by atoms with Crippen molar-refractivity contribution < 1.29 is 14.3 Å². The SMILES string of the molecule is CCOC(=O)C1=C(CN2CCC(Cc3ccccc3)CC2)NC(=O)N[C@H]1c1cccc(Cl)c1. The molecular weight excluding hydrogens is 438 g/mol. The van der Waals surface area contributed by atoms with Crippen molar-refractivity contribution in [2.45, 2.75) is 32.2 Å². The van der Waals surface area contributed by atoms with Gasteiger partial charge in [-0.3, -0.25) is 4.90 Å². The zero-order valence-corrected chi connectivity index (χ0v) is 19.6. The maximum Gasteiger partial charge on any atom is 0.338 e. The molecule has 0 aliphatic carbocycles. The van der Waals surface area contributed by atoms with E-state index in [1.54, 1.807) is 19.1 Å². The molecule has 1 saturated heterocycles. The molecule has 2 heterocycles. The fourth-order valence-corrected chi connectivity index (χ4v) is 4.85. The number of carbonyl (C=O) groups is 2. The Morgan fingerprint density at radius 1 is 1.12 bits per heavy atom. The second kappa shape index (κ2) is 10.9. The number of hydrogen-bond acceptors (Lipinski definition) is 4. The van der Waals surface area contributed by atoms with Gasteiger partial charge in [0.1, 0.15) is 0 Å². The lowest BCUT2D eigenvalue weighted by molar-refractivity contribution is -0.139. The van der Waals surface area contributed by atoms with E-state index in [0.717, 1.165) is 37.9 Å². The third-order valence-electron chi connectivity index (χ3n) is 6.29. The number of nitrogens with zero attached hydrogens (tertiary/aromatic N) is 1. The first kappa shape index (κ1) is 23.3. The van der Waals surface area contributed by atoms with Crippen molar-refractivity contribution >= 4 is 23.6 Å². The highest BCUT2D eigenvalue weighted by molar-refractivity contribution is 6.30. The number of likely N-dealkylation sites (tertiary alicyclic amines) is 1. The average Bonchev–Trinajstić information content (AvgIpc) is 2.81. The molecule has 2 amide bonds. The van der Waals surface area contributed by atoms with Gasteiger partial charge in [-0.25, -0.2) is 9.59 Å². The number of rotatable bonds is 7. The summed E-state index contributed by atoms with van der Waals surface area (Å²) in [5.74, 6) is 0.216. The van der Waals surface area contributed by atoms with Crippen LogP contribution in [0, 0.1) is 5.92 Å². The third kappa shape index (κ3) is 5.95. The van der Waals surface area contributed by atoms with Crippen LogP contribution in [0.3, 0.4) is 0 Å². The number of nitrogens with one attached hydrogen (secondary N) is 2. The van der Waals surface area contributed by atoms with Crippen molar-refractivity contribution in [1.82, 2.24) is 15.5 Å². The fourth-order valence-electron chi connectivity index (χ4n) is 4.65. The number of amides is 2. The van der Waals surface area contributed by atoms with Crippen molar-refractivity contribution in [2.75, 3.05) is 26.2 Å². The van der Waals surface area contributed by atoms with Gasteiger partial charge in [0.05, 0.1) is 18.2 Å². The van der Waals surface area contributed by atoms with Crippen LogP contribution in [0.1, 0.15) is 36.9 Å². The Balaban J connectivity index is 1.51. The molecule has 1 fully saturated rings. The molecule has 2 aromatic carbocycles. The number of carbonyl (C=O) groups excluding carboxylic acids is 2. The van der Waals surface area contributed by atoms with E-state index in [-0.39, 0.29) is 12.6 Å². The first-order valence-electron chi connectivity index (χ1n) is 11.5. The van der Waals surface area contributed by atoms with Gasteiger partial charge in [0.2, 0.25) is 0 Å². The van der Waals surface area contributed by atoms with Crippen molar-refractivity contribution in [3.63, 3.8) is 0 Å². The maximum atomic E-state index is 13.0. The number of hydrogen-bond donors (Lipinski definition) is 2. The molecule has 2 aromatic rings. The second-order valence-corrected chi connectivity index (χ2v) is 9.04. The van der Waals surface area contributed by atoms with Crippen LogP contribution in [0.2, 0.25) is 5.02 Å². The van der Waals surface area contributed by atoms with Gasteiger partial charge >= 0.3 is 12.0 Å². The summed E-state index contributed by atoms with van der Waals surface area (Å²) in [7, 11) is 0. The fraction of sp³-hybridized carbons (Fsp3) is 0.385. The number of urea groups is 1. The highest BCUT2D eigenvalue weighted by Crippen LogP contribution is 2.30. The van der Waals surface area contributed by atoms with Gasteiger partial charge < -0.3 is 15.4 Å². The van der Waals surface area contributed by atoms with Crippen LogP contribution in [0.25, 0.3) is 0 Å². The van der Waals surface area contributed by atoms with E-state index in [9.17, 15) is 9.59 Å².